The van der Waals surface area contributed by atoms with E-state index in [1.165, 1.54) is 4.90 Å². The van der Waals surface area contributed by atoms with Crippen LogP contribution in [0.1, 0.15) is 17.3 Å². The van der Waals surface area contributed by atoms with Crippen molar-refractivity contribution in [1.29, 1.82) is 0 Å². The highest BCUT2D eigenvalue weighted by Gasteiger charge is 2.25. The first kappa shape index (κ1) is 22.4. The summed E-state index contributed by atoms with van der Waals surface area (Å²) in [5.74, 6) is 0.242. The lowest BCUT2D eigenvalue weighted by atomic mass is 10.1. The molecular weight excluding hydrogens is 394 g/mol. The molecule has 1 heterocycles. The number of amides is 2. The van der Waals surface area contributed by atoms with E-state index in [1.807, 2.05) is 37.2 Å². The first-order chi connectivity index (χ1) is 14.9. The van der Waals surface area contributed by atoms with E-state index in [9.17, 15) is 9.59 Å². The Morgan fingerprint density at radius 2 is 1.97 bits per heavy atom. The minimum atomic E-state index is -0.265. The first-order valence-electron chi connectivity index (χ1n) is 10.3. The van der Waals surface area contributed by atoms with Crippen molar-refractivity contribution in [3.05, 3.63) is 42.0 Å². The van der Waals surface area contributed by atoms with E-state index < -0.39 is 0 Å². The van der Waals surface area contributed by atoms with Crippen LogP contribution in [-0.4, -0.2) is 66.2 Å². The number of hydrogen-bond acceptors (Lipinski definition) is 6. The molecule has 1 saturated heterocycles. The Labute approximate surface area is 183 Å². The van der Waals surface area contributed by atoms with Crippen molar-refractivity contribution in [1.82, 2.24) is 5.32 Å². The number of rotatable bonds is 7. The molecule has 1 aliphatic rings. The summed E-state index contributed by atoms with van der Waals surface area (Å²) >= 11 is 0. The number of hydrogen-bond donors (Lipinski definition) is 2. The molecule has 1 unspecified atom stereocenters. The van der Waals surface area contributed by atoms with Crippen molar-refractivity contribution in [2.45, 2.75) is 13.0 Å². The van der Waals surface area contributed by atoms with Crippen LogP contribution >= 0.6 is 0 Å². The third-order valence-electron chi connectivity index (χ3n) is 5.52. The largest absolute Gasteiger partial charge is 0.496 e. The molecule has 1 atom stereocenters. The van der Waals surface area contributed by atoms with E-state index in [2.05, 4.69) is 22.5 Å². The van der Waals surface area contributed by atoms with Crippen LogP contribution in [0.2, 0.25) is 0 Å². The summed E-state index contributed by atoms with van der Waals surface area (Å²) in [7, 11) is 7.13. The Morgan fingerprint density at radius 3 is 2.61 bits per heavy atom. The monoisotopic (exact) mass is 425 g/mol. The maximum atomic E-state index is 13.2. The quantitative estimate of drug-likeness (QED) is 0.664. The molecule has 8 nitrogen and oxygen atoms in total. The van der Waals surface area contributed by atoms with Gasteiger partial charge in [0.25, 0.3) is 5.91 Å². The summed E-state index contributed by atoms with van der Waals surface area (Å²) in [5, 5.41) is 6.46. The lowest BCUT2D eigenvalue weighted by Crippen LogP contribution is -2.50. The topological polar surface area (TPSA) is 77.2 Å². The van der Waals surface area contributed by atoms with Gasteiger partial charge in [-0.1, -0.05) is 12.1 Å². The molecule has 2 N–H and O–H groups in total. The number of carbonyl (C=O) groups excluding carboxylic acids is 2. The lowest BCUT2D eigenvalue weighted by molar-refractivity contribution is -0.107. The third-order valence-corrected chi connectivity index (χ3v) is 5.52. The summed E-state index contributed by atoms with van der Waals surface area (Å²) < 4.78 is 5.36. The number of methoxy groups -OCH3 is 1. The Bertz CT molecular complexity index is 947. The number of ether oxygens (including phenoxy) is 1. The predicted octanol–water partition coefficient (Wildman–Crippen LogP) is 2.40. The van der Waals surface area contributed by atoms with Crippen LogP contribution in [0, 0.1) is 0 Å². The second-order valence-electron chi connectivity index (χ2n) is 7.87. The van der Waals surface area contributed by atoms with E-state index >= 15 is 0 Å². The van der Waals surface area contributed by atoms with Crippen molar-refractivity contribution in [3.8, 4) is 5.75 Å². The highest BCUT2D eigenvalue weighted by Crippen LogP contribution is 2.39. The van der Waals surface area contributed by atoms with Crippen molar-refractivity contribution in [3.63, 3.8) is 0 Å². The van der Waals surface area contributed by atoms with Gasteiger partial charge in [0, 0.05) is 46.8 Å². The fraction of sp³-hybridized carbons (Fsp3) is 0.391. The van der Waals surface area contributed by atoms with Gasteiger partial charge in [0.15, 0.2) is 0 Å². The first-order valence-corrected chi connectivity index (χ1v) is 10.3. The van der Waals surface area contributed by atoms with Gasteiger partial charge in [-0.25, -0.2) is 0 Å². The van der Waals surface area contributed by atoms with Gasteiger partial charge < -0.3 is 30.1 Å². The number of carbonyl (C=O) groups is 2. The Balaban J connectivity index is 2.11. The van der Waals surface area contributed by atoms with Gasteiger partial charge >= 0.3 is 0 Å². The Kier molecular flexibility index (Phi) is 7.02. The zero-order valence-electron chi connectivity index (χ0n) is 18.8. The van der Waals surface area contributed by atoms with Crippen LogP contribution in [-0.2, 0) is 4.79 Å². The predicted molar refractivity (Wildman–Crippen MR) is 126 cm³/mol. The van der Waals surface area contributed by atoms with E-state index in [4.69, 9.17) is 4.74 Å². The molecule has 1 aliphatic heterocycles. The summed E-state index contributed by atoms with van der Waals surface area (Å²) in [6.45, 7) is 4.68. The van der Waals surface area contributed by atoms with Crippen LogP contribution in [0.5, 0.6) is 5.75 Å². The molecule has 0 radical (unpaired) electrons. The second kappa shape index (κ2) is 9.70. The van der Waals surface area contributed by atoms with Gasteiger partial charge in [0.1, 0.15) is 5.75 Å². The van der Waals surface area contributed by atoms with Gasteiger partial charge in [-0.05, 0) is 31.2 Å². The number of benzene rings is 2. The van der Waals surface area contributed by atoms with Crippen LogP contribution in [0.15, 0.2) is 36.4 Å². The third kappa shape index (κ3) is 4.74. The molecule has 3 rings (SSSR count). The van der Waals surface area contributed by atoms with Gasteiger partial charge in [-0.2, -0.15) is 0 Å². The fourth-order valence-corrected chi connectivity index (χ4v) is 3.82. The standard InChI is InChI=1S/C23H31N5O3/c1-16-14-24-10-11-28(16)19-13-20(26(2)3)21(27(4)15-29)12-18(19)25-23(30)17-8-6-7-9-22(17)31-5/h6-9,12-13,15-16,24H,10-11,14H2,1-5H3,(H,25,30). The molecule has 2 amide bonds. The van der Waals surface area contributed by atoms with E-state index in [-0.39, 0.29) is 11.9 Å². The van der Waals surface area contributed by atoms with Gasteiger partial charge in [-0.15, -0.1) is 0 Å². The summed E-state index contributed by atoms with van der Waals surface area (Å²) in [6.07, 6.45) is 0.765. The molecule has 1 fully saturated rings. The smallest absolute Gasteiger partial charge is 0.259 e. The number of nitrogens with one attached hydrogen (secondary N) is 2. The molecule has 31 heavy (non-hydrogen) atoms. The molecule has 8 heteroatoms. The minimum absolute atomic E-state index is 0.250. The zero-order chi connectivity index (χ0) is 22.5. The summed E-state index contributed by atoms with van der Waals surface area (Å²) in [6, 6.07) is 11.3. The Hall–Kier alpha value is -3.26. The van der Waals surface area contributed by atoms with E-state index in [0.29, 0.717) is 22.7 Å². The van der Waals surface area contributed by atoms with Gasteiger partial charge in [-0.3, -0.25) is 9.59 Å². The lowest BCUT2D eigenvalue weighted by Gasteiger charge is -2.38. The molecule has 0 bridgehead atoms. The average Bonchev–Trinajstić information content (AvgIpc) is 2.78. The van der Waals surface area contributed by atoms with Crippen molar-refractivity contribution in [2.24, 2.45) is 0 Å². The zero-order valence-corrected chi connectivity index (χ0v) is 18.8. The van der Waals surface area contributed by atoms with Crippen LogP contribution in [0.4, 0.5) is 22.7 Å². The minimum Gasteiger partial charge on any atom is -0.496 e. The molecule has 0 spiro atoms. The number of anilines is 4. The highest BCUT2D eigenvalue weighted by atomic mass is 16.5. The van der Waals surface area contributed by atoms with Crippen LogP contribution in [0.3, 0.4) is 0 Å². The molecule has 166 valence electrons. The van der Waals surface area contributed by atoms with Crippen molar-refractivity contribution < 1.29 is 14.3 Å². The van der Waals surface area contributed by atoms with Crippen LogP contribution in [0.25, 0.3) is 0 Å². The SMILES string of the molecule is COc1ccccc1C(=O)Nc1cc(N(C)C=O)c(N(C)C)cc1N1CCNCC1C. The summed E-state index contributed by atoms with van der Waals surface area (Å²) in [5.41, 5.74) is 3.63. The maximum absolute atomic E-state index is 13.2. The molecule has 2 aromatic rings. The second-order valence-corrected chi connectivity index (χ2v) is 7.87. The van der Waals surface area contributed by atoms with Gasteiger partial charge in [0.2, 0.25) is 6.41 Å². The van der Waals surface area contributed by atoms with Crippen LogP contribution < -0.4 is 30.1 Å². The molecular formula is C23H31N5O3. The molecule has 2 aromatic carbocycles. The highest BCUT2D eigenvalue weighted by molar-refractivity contribution is 6.08. The number of nitrogens with zero attached hydrogens (tertiary/aromatic N) is 3. The molecule has 0 saturated carbocycles. The maximum Gasteiger partial charge on any atom is 0.259 e. The number of piperazine rings is 1. The van der Waals surface area contributed by atoms with E-state index in [0.717, 1.165) is 37.4 Å². The van der Waals surface area contributed by atoms with Crippen molar-refractivity contribution in [2.75, 3.05) is 67.9 Å². The normalized spacial score (nSPS) is 15.9. The summed E-state index contributed by atoms with van der Waals surface area (Å²) in [4.78, 5) is 30.5. The molecule has 0 aliphatic carbocycles. The molecule has 0 aromatic heterocycles. The Morgan fingerprint density at radius 1 is 1.23 bits per heavy atom. The number of para-hydroxylation sites is 1. The average molecular weight is 426 g/mol. The van der Waals surface area contributed by atoms with Gasteiger partial charge in [0.05, 0.1) is 35.4 Å². The van der Waals surface area contributed by atoms with E-state index in [1.54, 1.807) is 32.4 Å². The van der Waals surface area contributed by atoms with Crippen molar-refractivity contribution >= 4 is 35.1 Å². The fourth-order valence-electron chi connectivity index (χ4n) is 3.82.